The summed E-state index contributed by atoms with van der Waals surface area (Å²) in [7, 11) is 3.91. The highest BCUT2D eigenvalue weighted by atomic mass is 35.5. The van der Waals surface area contributed by atoms with Crippen LogP contribution in [0.3, 0.4) is 0 Å². The van der Waals surface area contributed by atoms with E-state index in [1.807, 2.05) is 25.7 Å². The zero-order chi connectivity index (χ0) is 13.1. The van der Waals surface area contributed by atoms with Crippen molar-refractivity contribution in [3.8, 4) is 0 Å². The minimum Gasteiger partial charge on any atom is -0.378 e. The monoisotopic (exact) mass is 272 g/mol. The lowest BCUT2D eigenvalue weighted by Crippen LogP contribution is -2.49. The molecule has 1 atom stereocenters. The van der Waals surface area contributed by atoms with Crippen molar-refractivity contribution in [3.63, 3.8) is 0 Å². The van der Waals surface area contributed by atoms with Crippen LogP contribution in [0, 0.1) is 6.92 Å². The second-order valence-corrected chi connectivity index (χ2v) is 5.10. The van der Waals surface area contributed by atoms with Gasteiger partial charge in [0.2, 0.25) is 0 Å². The molecule has 0 aliphatic carbocycles. The molecule has 1 N–H and O–H groups in total. The third-order valence-electron chi connectivity index (χ3n) is 3.40. The van der Waals surface area contributed by atoms with E-state index in [4.69, 9.17) is 16.3 Å². The maximum atomic E-state index is 6.30. The van der Waals surface area contributed by atoms with Crippen molar-refractivity contribution in [2.75, 3.05) is 33.4 Å². The highest BCUT2D eigenvalue weighted by Gasteiger charge is 2.24. The van der Waals surface area contributed by atoms with Crippen LogP contribution in [0.25, 0.3) is 0 Å². The van der Waals surface area contributed by atoms with Gasteiger partial charge in [-0.25, -0.2) is 0 Å². The molecule has 102 valence electrons. The second-order valence-electron chi connectivity index (χ2n) is 4.73. The van der Waals surface area contributed by atoms with E-state index in [9.17, 15) is 0 Å². The first-order valence-electron chi connectivity index (χ1n) is 6.28. The Morgan fingerprint density at radius 2 is 2.33 bits per heavy atom. The summed E-state index contributed by atoms with van der Waals surface area (Å²) in [5.41, 5.74) is 1.98. The minimum absolute atomic E-state index is 0.398. The van der Waals surface area contributed by atoms with Gasteiger partial charge in [-0.3, -0.25) is 9.58 Å². The van der Waals surface area contributed by atoms with Crippen molar-refractivity contribution in [2.45, 2.75) is 19.5 Å². The summed E-state index contributed by atoms with van der Waals surface area (Å²) in [4.78, 5) is 2.41. The third-order valence-corrected chi connectivity index (χ3v) is 3.90. The first-order valence-corrected chi connectivity index (χ1v) is 6.65. The molecule has 0 aromatic carbocycles. The Morgan fingerprint density at radius 3 is 2.94 bits per heavy atom. The standard InChI is InChI=1S/C12H21ClN4O/c1-9-12(13)11(16(3)15-9)7-17-4-5-18-8-10(17)6-14-2/h10,14H,4-8H2,1-3H3. The summed E-state index contributed by atoms with van der Waals surface area (Å²) in [5, 5.41) is 8.35. The summed E-state index contributed by atoms with van der Waals surface area (Å²) in [6, 6.07) is 0.398. The van der Waals surface area contributed by atoms with E-state index >= 15 is 0 Å². The van der Waals surface area contributed by atoms with Crippen LogP contribution in [0.2, 0.25) is 5.02 Å². The number of ether oxygens (including phenoxy) is 1. The molecule has 5 nitrogen and oxygen atoms in total. The highest BCUT2D eigenvalue weighted by molar-refractivity contribution is 6.31. The number of aryl methyl sites for hydroxylation is 2. The summed E-state index contributed by atoms with van der Waals surface area (Å²) < 4.78 is 7.41. The lowest BCUT2D eigenvalue weighted by molar-refractivity contribution is -0.0113. The van der Waals surface area contributed by atoms with Crippen LogP contribution in [0.5, 0.6) is 0 Å². The zero-order valence-electron chi connectivity index (χ0n) is 11.2. The molecule has 1 fully saturated rings. The van der Waals surface area contributed by atoms with Gasteiger partial charge < -0.3 is 10.1 Å². The van der Waals surface area contributed by atoms with E-state index in [2.05, 4.69) is 15.3 Å². The lowest BCUT2D eigenvalue weighted by Gasteiger charge is -2.35. The van der Waals surface area contributed by atoms with E-state index in [-0.39, 0.29) is 0 Å². The quantitative estimate of drug-likeness (QED) is 0.881. The van der Waals surface area contributed by atoms with E-state index < -0.39 is 0 Å². The molecule has 1 aliphatic heterocycles. The first kappa shape index (κ1) is 13.8. The molecule has 2 heterocycles. The highest BCUT2D eigenvalue weighted by Crippen LogP contribution is 2.22. The molecule has 1 saturated heterocycles. The fourth-order valence-corrected chi connectivity index (χ4v) is 2.59. The topological polar surface area (TPSA) is 42.3 Å². The number of likely N-dealkylation sites (N-methyl/N-ethyl adjacent to an activating group) is 1. The van der Waals surface area contributed by atoms with Crippen LogP contribution in [0.4, 0.5) is 0 Å². The molecular formula is C12H21ClN4O. The zero-order valence-corrected chi connectivity index (χ0v) is 12.0. The van der Waals surface area contributed by atoms with Gasteiger partial charge in [-0.2, -0.15) is 5.10 Å². The largest absolute Gasteiger partial charge is 0.378 e. The molecule has 1 aliphatic rings. The van der Waals surface area contributed by atoms with Gasteiger partial charge >= 0.3 is 0 Å². The van der Waals surface area contributed by atoms with Crippen molar-refractivity contribution in [1.82, 2.24) is 20.0 Å². The van der Waals surface area contributed by atoms with Crippen LogP contribution < -0.4 is 5.32 Å². The molecule has 1 unspecified atom stereocenters. The predicted octanol–water partition coefficient (Wildman–Crippen LogP) is 0.802. The fourth-order valence-electron chi connectivity index (χ4n) is 2.37. The van der Waals surface area contributed by atoms with Crippen LogP contribution in [-0.2, 0) is 18.3 Å². The Balaban J connectivity index is 2.10. The maximum Gasteiger partial charge on any atom is 0.0860 e. The molecule has 0 spiro atoms. The number of rotatable bonds is 4. The Kier molecular flexibility index (Phi) is 4.61. The maximum absolute atomic E-state index is 6.30. The van der Waals surface area contributed by atoms with Crippen molar-refractivity contribution in [1.29, 1.82) is 0 Å². The summed E-state index contributed by atoms with van der Waals surface area (Å²) in [5.74, 6) is 0. The van der Waals surface area contributed by atoms with Crippen molar-refractivity contribution in [2.24, 2.45) is 7.05 Å². The molecule has 0 saturated carbocycles. The molecule has 1 aromatic heterocycles. The Hall–Kier alpha value is -0.620. The van der Waals surface area contributed by atoms with Gasteiger partial charge in [0.15, 0.2) is 0 Å². The number of halogens is 1. The first-order chi connectivity index (χ1) is 8.63. The predicted molar refractivity (Wildman–Crippen MR) is 71.9 cm³/mol. The summed E-state index contributed by atoms with van der Waals surface area (Å²) >= 11 is 6.30. The average molecular weight is 273 g/mol. The molecule has 18 heavy (non-hydrogen) atoms. The third kappa shape index (κ3) is 2.85. The molecule has 0 bridgehead atoms. The Morgan fingerprint density at radius 1 is 1.56 bits per heavy atom. The molecule has 2 rings (SSSR count). The van der Waals surface area contributed by atoms with Crippen molar-refractivity contribution >= 4 is 11.6 Å². The van der Waals surface area contributed by atoms with Crippen molar-refractivity contribution < 1.29 is 4.74 Å². The SMILES string of the molecule is CNCC1COCCN1Cc1c(Cl)c(C)nn1C. The average Bonchev–Trinajstić information content (AvgIpc) is 2.59. The van der Waals surface area contributed by atoms with Gasteiger partial charge in [0.05, 0.1) is 29.6 Å². The molecule has 6 heteroatoms. The Bertz CT molecular complexity index is 405. The molecule has 0 radical (unpaired) electrons. The van der Waals surface area contributed by atoms with Gasteiger partial charge in [-0.1, -0.05) is 11.6 Å². The number of morpholine rings is 1. The van der Waals surface area contributed by atoms with Gasteiger partial charge in [0, 0.05) is 32.7 Å². The van der Waals surface area contributed by atoms with E-state index in [0.29, 0.717) is 6.04 Å². The van der Waals surface area contributed by atoms with E-state index in [1.54, 1.807) is 0 Å². The van der Waals surface area contributed by atoms with Crippen LogP contribution in [0.1, 0.15) is 11.4 Å². The fraction of sp³-hybridized carbons (Fsp3) is 0.750. The van der Waals surface area contributed by atoms with Crippen LogP contribution in [-0.4, -0.2) is 54.1 Å². The molecule has 0 amide bonds. The summed E-state index contributed by atoms with van der Waals surface area (Å²) in [6.45, 7) is 6.19. The lowest BCUT2D eigenvalue weighted by atomic mass is 10.2. The van der Waals surface area contributed by atoms with Crippen LogP contribution >= 0.6 is 11.6 Å². The number of nitrogens with zero attached hydrogens (tertiary/aromatic N) is 3. The number of nitrogens with one attached hydrogen (secondary N) is 1. The van der Waals surface area contributed by atoms with Gasteiger partial charge in [0.25, 0.3) is 0 Å². The van der Waals surface area contributed by atoms with Crippen LogP contribution in [0.15, 0.2) is 0 Å². The minimum atomic E-state index is 0.398. The van der Waals surface area contributed by atoms with E-state index in [1.165, 1.54) is 0 Å². The summed E-state index contributed by atoms with van der Waals surface area (Å²) in [6.07, 6.45) is 0. The molecule has 1 aromatic rings. The smallest absolute Gasteiger partial charge is 0.0860 e. The van der Waals surface area contributed by atoms with Gasteiger partial charge in [-0.05, 0) is 14.0 Å². The number of aromatic nitrogens is 2. The second kappa shape index (κ2) is 6.02. The van der Waals surface area contributed by atoms with E-state index in [0.717, 1.165) is 49.3 Å². The number of hydrogen-bond acceptors (Lipinski definition) is 4. The normalized spacial score (nSPS) is 21.4. The Labute approximate surface area is 113 Å². The number of hydrogen-bond donors (Lipinski definition) is 1. The van der Waals surface area contributed by atoms with Gasteiger partial charge in [-0.15, -0.1) is 0 Å². The molecular weight excluding hydrogens is 252 g/mol. The van der Waals surface area contributed by atoms with Gasteiger partial charge in [0.1, 0.15) is 0 Å². The van der Waals surface area contributed by atoms with Crippen molar-refractivity contribution in [3.05, 3.63) is 16.4 Å².